The fourth-order valence-electron chi connectivity index (χ4n) is 3.03. The number of benzene rings is 1. The number of rotatable bonds is 7. The number of halogens is 2. The van der Waals surface area contributed by atoms with E-state index in [0.717, 1.165) is 6.42 Å². The molecule has 0 radical (unpaired) electrons. The predicted molar refractivity (Wildman–Crippen MR) is 100 cm³/mol. The lowest BCUT2D eigenvalue weighted by Gasteiger charge is -2.27. The van der Waals surface area contributed by atoms with E-state index in [-0.39, 0.29) is 23.7 Å². The summed E-state index contributed by atoms with van der Waals surface area (Å²) >= 11 is 12.2. The minimum atomic E-state index is -0.120. The zero-order valence-electron chi connectivity index (χ0n) is 14.3. The summed E-state index contributed by atoms with van der Waals surface area (Å²) in [6.45, 7) is 1.26. The van der Waals surface area contributed by atoms with Crippen LogP contribution in [-0.4, -0.2) is 32.1 Å². The van der Waals surface area contributed by atoms with Crippen LogP contribution in [0.3, 0.4) is 0 Å². The van der Waals surface area contributed by atoms with Gasteiger partial charge in [0, 0.05) is 32.1 Å². The smallest absolute Gasteiger partial charge is 0.227 e. The number of ether oxygens (including phenoxy) is 1. The summed E-state index contributed by atoms with van der Waals surface area (Å²) in [6, 6.07) is 5.11. The lowest BCUT2D eigenvalue weighted by Crippen LogP contribution is -2.36. The maximum atomic E-state index is 12.4. The third kappa shape index (κ3) is 5.87. The summed E-state index contributed by atoms with van der Waals surface area (Å²) in [4.78, 5) is 24.6. The zero-order chi connectivity index (χ0) is 18.2. The van der Waals surface area contributed by atoms with E-state index >= 15 is 0 Å². The van der Waals surface area contributed by atoms with Gasteiger partial charge in [-0.25, -0.2) is 0 Å². The highest BCUT2D eigenvalue weighted by Crippen LogP contribution is 2.33. The quantitative estimate of drug-likeness (QED) is 0.698. The van der Waals surface area contributed by atoms with Crippen molar-refractivity contribution in [1.82, 2.24) is 5.32 Å². The molecule has 1 aromatic rings. The summed E-state index contributed by atoms with van der Waals surface area (Å²) in [7, 11) is 1.64. The summed E-state index contributed by atoms with van der Waals surface area (Å²) in [5.41, 5.74) is 0.453. The molecule has 1 fully saturated rings. The molecule has 1 saturated carbocycles. The van der Waals surface area contributed by atoms with E-state index in [1.54, 1.807) is 25.3 Å². The molecule has 0 atom stereocenters. The van der Waals surface area contributed by atoms with Crippen LogP contribution < -0.4 is 10.6 Å². The van der Waals surface area contributed by atoms with Crippen LogP contribution >= 0.6 is 23.2 Å². The molecule has 5 nitrogen and oxygen atoms in total. The Labute approximate surface area is 158 Å². The highest BCUT2D eigenvalue weighted by atomic mass is 35.5. The summed E-state index contributed by atoms with van der Waals surface area (Å²) in [5.74, 6) is -0.154. The number of para-hydroxylation sites is 1. The molecule has 7 heteroatoms. The molecule has 0 aliphatic heterocycles. The lowest BCUT2D eigenvalue weighted by atomic mass is 9.81. The molecule has 25 heavy (non-hydrogen) atoms. The minimum Gasteiger partial charge on any atom is -0.385 e. The van der Waals surface area contributed by atoms with Gasteiger partial charge in [-0.1, -0.05) is 29.3 Å². The molecule has 138 valence electrons. The van der Waals surface area contributed by atoms with Crippen LogP contribution in [-0.2, 0) is 14.3 Å². The molecule has 0 aromatic heterocycles. The normalized spacial score (nSPS) is 20.1. The van der Waals surface area contributed by atoms with E-state index < -0.39 is 0 Å². The fraction of sp³-hybridized carbons (Fsp3) is 0.556. The first kappa shape index (κ1) is 20.0. The van der Waals surface area contributed by atoms with Crippen LogP contribution in [0.5, 0.6) is 0 Å². The van der Waals surface area contributed by atoms with Crippen LogP contribution in [0.4, 0.5) is 5.69 Å². The van der Waals surface area contributed by atoms with Gasteiger partial charge >= 0.3 is 0 Å². The van der Waals surface area contributed by atoms with E-state index in [2.05, 4.69) is 10.6 Å². The molecule has 2 amide bonds. The fourth-order valence-corrected chi connectivity index (χ4v) is 3.52. The van der Waals surface area contributed by atoms with E-state index in [1.807, 2.05) is 0 Å². The molecule has 1 aromatic carbocycles. The molecule has 0 unspecified atom stereocenters. The first-order valence-electron chi connectivity index (χ1n) is 8.54. The second-order valence-corrected chi connectivity index (χ2v) is 7.09. The number of amides is 2. The molecule has 1 aliphatic rings. The van der Waals surface area contributed by atoms with Gasteiger partial charge in [-0.3, -0.25) is 9.59 Å². The van der Waals surface area contributed by atoms with Crippen LogP contribution in [0.2, 0.25) is 10.0 Å². The summed E-state index contributed by atoms with van der Waals surface area (Å²) in [6.07, 6.45) is 3.60. The Bertz CT molecular complexity index is 582. The number of carbonyl (C=O) groups excluding carboxylic acids is 2. The van der Waals surface area contributed by atoms with Gasteiger partial charge in [-0.2, -0.15) is 0 Å². The van der Waals surface area contributed by atoms with E-state index in [9.17, 15) is 9.59 Å². The first-order chi connectivity index (χ1) is 12.0. The molecule has 0 spiro atoms. The second kappa shape index (κ2) is 10.00. The highest BCUT2D eigenvalue weighted by Gasteiger charge is 2.30. The Hall–Kier alpha value is -1.30. The van der Waals surface area contributed by atoms with Crippen molar-refractivity contribution in [2.24, 2.45) is 11.8 Å². The largest absolute Gasteiger partial charge is 0.385 e. The zero-order valence-corrected chi connectivity index (χ0v) is 15.8. The van der Waals surface area contributed by atoms with Crippen LogP contribution in [0.25, 0.3) is 0 Å². The lowest BCUT2D eigenvalue weighted by molar-refractivity contribution is -0.128. The number of nitrogens with one attached hydrogen (secondary N) is 2. The summed E-state index contributed by atoms with van der Waals surface area (Å²) in [5, 5.41) is 6.60. The van der Waals surface area contributed by atoms with Gasteiger partial charge in [-0.05, 0) is 44.2 Å². The first-order valence-corrected chi connectivity index (χ1v) is 9.30. The maximum absolute atomic E-state index is 12.4. The molecule has 2 N–H and O–H groups in total. The topological polar surface area (TPSA) is 67.4 Å². The van der Waals surface area contributed by atoms with Gasteiger partial charge < -0.3 is 15.4 Å². The molecule has 2 rings (SSSR count). The van der Waals surface area contributed by atoms with Gasteiger partial charge in [0.1, 0.15) is 0 Å². The van der Waals surface area contributed by atoms with Crippen LogP contribution in [0.1, 0.15) is 32.1 Å². The molecule has 0 heterocycles. The van der Waals surface area contributed by atoms with Gasteiger partial charge in [-0.15, -0.1) is 0 Å². The monoisotopic (exact) mass is 386 g/mol. The molecular formula is C18H24Cl2N2O3. The molecule has 0 saturated heterocycles. The van der Waals surface area contributed by atoms with Crippen molar-refractivity contribution < 1.29 is 14.3 Å². The average Bonchev–Trinajstić information content (AvgIpc) is 2.62. The van der Waals surface area contributed by atoms with Gasteiger partial charge in [0.05, 0.1) is 15.7 Å². The highest BCUT2D eigenvalue weighted by molar-refractivity contribution is 6.39. The molecule has 1 aliphatic carbocycles. The number of anilines is 1. The van der Waals surface area contributed by atoms with Gasteiger partial charge in [0.25, 0.3) is 0 Å². The van der Waals surface area contributed by atoms with Crippen LogP contribution in [0, 0.1) is 11.8 Å². The number of methoxy groups -OCH3 is 1. The minimum absolute atomic E-state index is 0.0181. The number of hydrogen-bond donors (Lipinski definition) is 2. The second-order valence-electron chi connectivity index (χ2n) is 6.27. The number of hydrogen-bond acceptors (Lipinski definition) is 3. The van der Waals surface area contributed by atoms with Crippen molar-refractivity contribution in [2.45, 2.75) is 32.1 Å². The standard InChI is InChI=1S/C18H24Cl2N2O3/c1-25-11-3-10-21-17(23)12-6-8-13(9-7-12)18(24)22-16-14(19)4-2-5-15(16)20/h2,4-5,12-13H,3,6-11H2,1H3,(H,21,23)(H,22,24). The third-order valence-corrected chi connectivity index (χ3v) is 5.13. The Morgan fingerprint density at radius 2 is 1.64 bits per heavy atom. The van der Waals surface area contributed by atoms with E-state index in [0.29, 0.717) is 54.6 Å². The van der Waals surface area contributed by atoms with Crippen LogP contribution in [0.15, 0.2) is 18.2 Å². The number of carbonyl (C=O) groups is 2. The third-order valence-electron chi connectivity index (χ3n) is 4.50. The Morgan fingerprint density at radius 3 is 2.20 bits per heavy atom. The maximum Gasteiger partial charge on any atom is 0.227 e. The van der Waals surface area contributed by atoms with Crippen molar-refractivity contribution in [2.75, 3.05) is 25.6 Å². The van der Waals surface area contributed by atoms with Crippen molar-refractivity contribution in [3.05, 3.63) is 28.2 Å². The van der Waals surface area contributed by atoms with E-state index in [4.69, 9.17) is 27.9 Å². The van der Waals surface area contributed by atoms with Crippen molar-refractivity contribution in [1.29, 1.82) is 0 Å². The SMILES string of the molecule is COCCCNC(=O)C1CCC(C(=O)Nc2c(Cl)cccc2Cl)CC1. The van der Waals surface area contributed by atoms with E-state index in [1.165, 1.54) is 0 Å². The van der Waals surface area contributed by atoms with Gasteiger partial charge in [0.2, 0.25) is 11.8 Å². The van der Waals surface area contributed by atoms with Crippen molar-refractivity contribution >= 4 is 40.7 Å². The predicted octanol–water partition coefficient (Wildman–Crippen LogP) is 3.89. The Kier molecular flexibility index (Phi) is 8.00. The molecular weight excluding hydrogens is 363 g/mol. The summed E-state index contributed by atoms with van der Waals surface area (Å²) < 4.78 is 4.96. The molecule has 0 bridgehead atoms. The van der Waals surface area contributed by atoms with Crippen molar-refractivity contribution in [3.63, 3.8) is 0 Å². The van der Waals surface area contributed by atoms with Crippen molar-refractivity contribution in [3.8, 4) is 0 Å². The Morgan fingerprint density at radius 1 is 1.08 bits per heavy atom. The Balaban J connectivity index is 1.79. The van der Waals surface area contributed by atoms with Gasteiger partial charge in [0.15, 0.2) is 0 Å². The average molecular weight is 387 g/mol.